The molecule has 0 rings (SSSR count). The van der Waals surface area contributed by atoms with E-state index in [0.717, 1.165) is 0 Å². The van der Waals surface area contributed by atoms with Gasteiger partial charge in [-0.3, -0.25) is 9.63 Å². The molecule has 0 aliphatic carbocycles. The summed E-state index contributed by atoms with van der Waals surface area (Å²) in [6.07, 6.45) is 4.08. The number of unbranched alkanes of at least 4 members (excludes halogenated alkanes) is 2. The van der Waals surface area contributed by atoms with Crippen LogP contribution in [0.2, 0.25) is 0 Å². The van der Waals surface area contributed by atoms with E-state index in [1.54, 1.807) is 32.8 Å². The Morgan fingerprint density at radius 2 is 1.38 bits per heavy atom. The second-order valence-corrected chi connectivity index (χ2v) is 7.65. The zero-order chi connectivity index (χ0) is 20.2. The first-order valence-electron chi connectivity index (χ1n) is 9.18. The van der Waals surface area contributed by atoms with E-state index in [4.69, 9.17) is 10.1 Å². The maximum atomic E-state index is 11.7. The Hall–Kier alpha value is -0.920. The van der Waals surface area contributed by atoms with Crippen LogP contribution in [0, 0.1) is 11.3 Å². The predicted octanol–water partition coefficient (Wildman–Crippen LogP) is 5.91. The van der Waals surface area contributed by atoms with Crippen molar-refractivity contribution in [1.29, 1.82) is 5.26 Å². The number of ketones is 1. The molecule has 4 nitrogen and oxygen atoms in total. The topological polar surface area (TPSA) is 53.3 Å². The van der Waals surface area contributed by atoms with Crippen LogP contribution in [0.25, 0.3) is 0 Å². The van der Waals surface area contributed by atoms with Crippen molar-refractivity contribution in [2.75, 3.05) is 0 Å². The van der Waals surface area contributed by atoms with E-state index in [0.29, 0.717) is 0 Å². The molecule has 0 aromatic carbocycles. The van der Waals surface area contributed by atoms with Gasteiger partial charge in [-0.05, 0) is 55.4 Å². The van der Waals surface area contributed by atoms with Gasteiger partial charge in [-0.2, -0.15) is 10.3 Å². The van der Waals surface area contributed by atoms with Crippen molar-refractivity contribution in [1.82, 2.24) is 5.06 Å². The predicted molar refractivity (Wildman–Crippen MR) is 104 cm³/mol. The summed E-state index contributed by atoms with van der Waals surface area (Å²) in [7, 11) is 0. The second kappa shape index (κ2) is 12.4. The molecule has 0 amide bonds. The van der Waals surface area contributed by atoms with E-state index in [2.05, 4.69) is 19.9 Å². The van der Waals surface area contributed by atoms with Crippen molar-refractivity contribution in [3.8, 4) is 6.07 Å². The van der Waals surface area contributed by atoms with Crippen LogP contribution < -0.4 is 0 Å². The van der Waals surface area contributed by atoms with Crippen LogP contribution >= 0.6 is 0 Å². The number of hydrogen-bond acceptors (Lipinski definition) is 4. The third-order valence-electron chi connectivity index (χ3n) is 3.27. The van der Waals surface area contributed by atoms with E-state index in [-0.39, 0.29) is 11.3 Å². The highest BCUT2D eigenvalue weighted by Crippen LogP contribution is 2.29. The maximum absolute atomic E-state index is 11.7. The van der Waals surface area contributed by atoms with Crippen LogP contribution in [0.15, 0.2) is 0 Å². The van der Waals surface area contributed by atoms with Gasteiger partial charge in [0.15, 0.2) is 11.4 Å². The molecule has 0 fully saturated rings. The van der Waals surface area contributed by atoms with Gasteiger partial charge in [0.05, 0.1) is 11.6 Å². The van der Waals surface area contributed by atoms with Crippen LogP contribution in [-0.2, 0) is 9.63 Å². The summed E-state index contributed by atoms with van der Waals surface area (Å²) in [6.45, 7) is 22.8. The van der Waals surface area contributed by atoms with Gasteiger partial charge in [0, 0.05) is 5.54 Å². The summed E-state index contributed by atoms with van der Waals surface area (Å²) in [6, 6.07) is 2.08. The highest BCUT2D eigenvalue weighted by atomic mass is 16.7. The van der Waals surface area contributed by atoms with Gasteiger partial charge in [-0.15, -0.1) is 0 Å². The molecule has 144 valence electrons. The van der Waals surface area contributed by atoms with E-state index in [1.807, 2.05) is 34.6 Å². The van der Waals surface area contributed by atoms with E-state index >= 15 is 0 Å². The molecule has 0 radical (unpaired) electrons. The molecule has 4 heteroatoms. The third kappa shape index (κ3) is 11.6. The Bertz CT molecular complexity index is 372. The molecule has 0 aromatic heterocycles. The third-order valence-corrected chi connectivity index (χ3v) is 3.27. The first-order chi connectivity index (χ1) is 10.8. The minimum atomic E-state index is -0.958. The fourth-order valence-corrected chi connectivity index (χ4v) is 1.83. The lowest BCUT2D eigenvalue weighted by molar-refractivity contribution is -0.292. The van der Waals surface area contributed by atoms with Gasteiger partial charge in [-0.1, -0.05) is 47.0 Å². The number of hydroxylamine groups is 2. The molecule has 0 unspecified atom stereocenters. The molecule has 0 N–H and O–H groups in total. The van der Waals surface area contributed by atoms with Crippen molar-refractivity contribution in [2.24, 2.45) is 0 Å². The van der Waals surface area contributed by atoms with Gasteiger partial charge >= 0.3 is 0 Å². The molecule has 0 saturated heterocycles. The van der Waals surface area contributed by atoms with Gasteiger partial charge in [0.1, 0.15) is 0 Å². The summed E-state index contributed by atoms with van der Waals surface area (Å²) < 4.78 is 0. The fourth-order valence-electron chi connectivity index (χ4n) is 1.83. The Morgan fingerprint density at radius 3 is 1.54 bits per heavy atom. The average molecular weight is 343 g/mol. The van der Waals surface area contributed by atoms with Crippen molar-refractivity contribution in [3.63, 3.8) is 0 Å². The lowest BCUT2D eigenvalue weighted by Gasteiger charge is -2.46. The van der Waals surface area contributed by atoms with Gasteiger partial charge in [0.25, 0.3) is 0 Å². The minimum absolute atomic E-state index is 0.00108. The highest BCUT2D eigenvalue weighted by Gasteiger charge is 2.42. The zero-order valence-corrected chi connectivity index (χ0v) is 18.3. The average Bonchev–Trinajstić information content (AvgIpc) is 2.47. The summed E-state index contributed by atoms with van der Waals surface area (Å²) in [5.41, 5.74) is -2.10. The molecule has 0 heterocycles. The number of rotatable bonds is 6. The van der Waals surface area contributed by atoms with E-state index in [9.17, 15) is 4.79 Å². The summed E-state index contributed by atoms with van der Waals surface area (Å²) in [4.78, 5) is 17.5. The number of hydrogen-bond donors (Lipinski definition) is 0. The molecular weight excluding hydrogens is 300 g/mol. The van der Waals surface area contributed by atoms with E-state index in [1.165, 1.54) is 26.2 Å². The number of carbonyl (C=O) groups is 1. The molecule has 0 saturated carbocycles. The molecule has 0 aromatic rings. The zero-order valence-electron chi connectivity index (χ0n) is 18.3. The number of carbonyl (C=O) groups excluding carboxylic acids is 1. The Balaban J connectivity index is -0.000000534. The van der Waals surface area contributed by atoms with Crippen LogP contribution in [0.4, 0.5) is 0 Å². The number of nitrogens with zero attached hydrogens (tertiary/aromatic N) is 2. The molecule has 0 atom stereocenters. The lowest BCUT2D eigenvalue weighted by atomic mass is 9.94. The highest BCUT2D eigenvalue weighted by molar-refractivity contribution is 5.85. The SMILES string of the molecule is CC.CC(=O)C(C)(C)N(OC(C)(C)C#N)C(C)(C)C.CCCCC. The first kappa shape index (κ1) is 27.9. The first-order valence-corrected chi connectivity index (χ1v) is 9.18. The monoisotopic (exact) mass is 342 g/mol. The van der Waals surface area contributed by atoms with Crippen molar-refractivity contribution < 1.29 is 9.63 Å². The van der Waals surface area contributed by atoms with Crippen molar-refractivity contribution in [2.45, 2.75) is 119 Å². The second-order valence-electron chi connectivity index (χ2n) is 7.65. The van der Waals surface area contributed by atoms with Gasteiger partial charge in [-0.25, -0.2) is 0 Å². The van der Waals surface area contributed by atoms with Crippen LogP contribution in [0.1, 0.15) is 102 Å². The maximum Gasteiger partial charge on any atom is 0.170 e. The Labute approximate surface area is 151 Å². The summed E-state index contributed by atoms with van der Waals surface area (Å²) in [5.74, 6) is 0.00108. The normalized spacial score (nSPS) is 11.7. The van der Waals surface area contributed by atoms with Crippen LogP contribution in [-0.4, -0.2) is 27.5 Å². The molecule has 0 spiro atoms. The Kier molecular flexibility index (Phi) is 14.5. The van der Waals surface area contributed by atoms with E-state index < -0.39 is 11.1 Å². The molecule has 0 bridgehead atoms. The quantitative estimate of drug-likeness (QED) is 0.563. The fraction of sp³-hybridized carbons (Fsp3) is 0.900. The number of nitriles is 1. The van der Waals surface area contributed by atoms with Gasteiger partial charge < -0.3 is 0 Å². The van der Waals surface area contributed by atoms with Crippen molar-refractivity contribution in [3.05, 3.63) is 0 Å². The molecule has 0 aliphatic rings. The summed E-state index contributed by atoms with van der Waals surface area (Å²) in [5, 5.41) is 10.6. The van der Waals surface area contributed by atoms with Gasteiger partial charge in [0.2, 0.25) is 0 Å². The molecule has 0 aliphatic heterocycles. The van der Waals surface area contributed by atoms with Crippen LogP contribution in [0.5, 0.6) is 0 Å². The minimum Gasteiger partial charge on any atom is -0.298 e. The van der Waals surface area contributed by atoms with Crippen molar-refractivity contribution >= 4 is 5.78 Å². The summed E-state index contributed by atoms with van der Waals surface area (Å²) >= 11 is 0. The standard InChI is InChI=1S/C13H24N2O2.C5H12.C2H6/c1-10(16)13(7,8)15(11(2,3)4)17-12(5,6)9-14;1-3-5-4-2;1-2/h1-8H3;3-5H2,1-2H3;1-2H3. The lowest BCUT2D eigenvalue weighted by Crippen LogP contribution is -2.59. The number of Topliss-reactive ketones (excluding diaryl/α,β-unsaturated/α-hetero) is 1. The molecular formula is C20H42N2O2. The smallest absolute Gasteiger partial charge is 0.170 e. The van der Waals surface area contributed by atoms with Crippen LogP contribution in [0.3, 0.4) is 0 Å². The molecule has 24 heavy (non-hydrogen) atoms. The Morgan fingerprint density at radius 1 is 1.00 bits per heavy atom. The largest absolute Gasteiger partial charge is 0.298 e.